The minimum absolute atomic E-state index is 0.00653. The van der Waals surface area contributed by atoms with Crippen molar-refractivity contribution in [1.82, 2.24) is 14.8 Å². The first-order chi connectivity index (χ1) is 8.58. The first-order valence-corrected chi connectivity index (χ1v) is 8.46. The Labute approximate surface area is 108 Å². The van der Waals surface area contributed by atoms with Crippen LogP contribution in [-0.4, -0.2) is 44.5 Å². The average molecular weight is 315 g/mol. The van der Waals surface area contributed by atoms with Crippen molar-refractivity contribution < 1.29 is 33.8 Å². The molecule has 0 saturated carbocycles. The van der Waals surface area contributed by atoms with Gasteiger partial charge in [-0.2, -0.15) is 5.10 Å². The van der Waals surface area contributed by atoms with Gasteiger partial charge in [-0.3, -0.25) is 13.8 Å². The Morgan fingerprint density at radius 2 is 1.68 bits per heavy atom. The Hall–Kier alpha value is -0.600. The third-order valence-corrected chi connectivity index (χ3v) is 6.43. The van der Waals surface area contributed by atoms with E-state index >= 15 is 0 Å². The first-order valence-electron chi connectivity index (χ1n) is 5.24. The maximum Gasteiger partial charge on any atom is 0.369 e. The molecule has 0 unspecified atom stereocenters. The van der Waals surface area contributed by atoms with E-state index in [1.807, 2.05) is 0 Å². The first kappa shape index (κ1) is 16.5. The number of aliphatic hydroxyl groups is 1. The fourth-order valence-corrected chi connectivity index (χ4v) is 3.70. The Morgan fingerprint density at radius 1 is 1.11 bits per heavy atom. The van der Waals surface area contributed by atoms with Gasteiger partial charge < -0.3 is 24.7 Å². The molecule has 0 fully saturated rings. The van der Waals surface area contributed by atoms with Gasteiger partial charge in [0.2, 0.25) is 0 Å². The van der Waals surface area contributed by atoms with Gasteiger partial charge in [-0.1, -0.05) is 0 Å². The number of aromatic nitrogens is 3. The van der Waals surface area contributed by atoms with E-state index in [-0.39, 0.29) is 6.42 Å². The summed E-state index contributed by atoms with van der Waals surface area (Å²) >= 11 is 0. The summed E-state index contributed by atoms with van der Waals surface area (Å²) in [6.07, 6.45) is 2.36. The van der Waals surface area contributed by atoms with Crippen LogP contribution in [0.2, 0.25) is 0 Å². The molecule has 0 atom stereocenters. The van der Waals surface area contributed by atoms with E-state index in [1.54, 1.807) is 0 Å². The molecule has 1 rings (SSSR count). The van der Waals surface area contributed by atoms with Crippen LogP contribution in [0.15, 0.2) is 12.7 Å². The molecular weight excluding hydrogens is 300 g/mol. The van der Waals surface area contributed by atoms with Gasteiger partial charge in [-0.15, -0.1) is 0 Å². The van der Waals surface area contributed by atoms with Gasteiger partial charge in [0, 0.05) is 6.54 Å². The number of rotatable bonds is 7. The highest BCUT2D eigenvalue weighted by molar-refractivity contribution is 7.72. The van der Waals surface area contributed by atoms with Gasteiger partial charge in [0.1, 0.15) is 12.7 Å². The molecule has 1 heterocycles. The van der Waals surface area contributed by atoms with Crippen molar-refractivity contribution in [3.05, 3.63) is 12.7 Å². The van der Waals surface area contributed by atoms with Gasteiger partial charge in [0.25, 0.3) is 5.08 Å². The Morgan fingerprint density at radius 3 is 2.11 bits per heavy atom. The zero-order valence-corrected chi connectivity index (χ0v) is 11.6. The summed E-state index contributed by atoms with van der Waals surface area (Å²) in [4.78, 5) is 39.3. The monoisotopic (exact) mass is 315 g/mol. The smallest absolute Gasteiger partial charge is 0.368 e. The highest BCUT2D eigenvalue weighted by atomic mass is 31.2. The largest absolute Gasteiger partial charge is 0.369 e. The van der Waals surface area contributed by atoms with Crippen LogP contribution in [0.25, 0.3) is 0 Å². The van der Waals surface area contributed by atoms with Crippen LogP contribution in [0.4, 0.5) is 0 Å². The molecule has 1 aromatic rings. The second-order valence-corrected chi connectivity index (χ2v) is 7.99. The second-order valence-electron chi connectivity index (χ2n) is 3.98. The number of unbranched alkanes of at least 4 members (excludes halogenated alkanes) is 1. The molecule has 19 heavy (non-hydrogen) atoms. The lowest BCUT2D eigenvalue weighted by Gasteiger charge is -2.29. The van der Waals surface area contributed by atoms with Gasteiger partial charge in [-0.05, 0) is 19.3 Å². The summed E-state index contributed by atoms with van der Waals surface area (Å²) < 4.78 is 23.5. The normalized spacial score (nSPS) is 13.7. The van der Waals surface area contributed by atoms with Crippen LogP contribution in [0, 0.1) is 0 Å². The molecule has 0 bridgehead atoms. The Kier molecular flexibility index (Phi) is 5.02. The molecule has 110 valence electrons. The molecule has 12 heteroatoms. The molecule has 0 amide bonds. The van der Waals surface area contributed by atoms with E-state index in [4.69, 9.17) is 19.6 Å². The average Bonchev–Trinajstić information content (AvgIpc) is 2.73. The van der Waals surface area contributed by atoms with E-state index in [0.29, 0.717) is 13.0 Å². The lowest BCUT2D eigenvalue weighted by atomic mass is 10.2. The van der Waals surface area contributed by atoms with Crippen LogP contribution >= 0.6 is 15.2 Å². The molecule has 0 aliphatic heterocycles. The minimum atomic E-state index is -5.35. The van der Waals surface area contributed by atoms with Crippen molar-refractivity contribution in [2.45, 2.75) is 30.9 Å². The fraction of sp³-hybridized carbons (Fsp3) is 0.714. The van der Waals surface area contributed by atoms with Crippen LogP contribution in [0.5, 0.6) is 0 Å². The summed E-state index contributed by atoms with van der Waals surface area (Å²) in [7, 11) is -10.7. The summed E-state index contributed by atoms with van der Waals surface area (Å²) in [6, 6.07) is 0. The topological polar surface area (TPSA) is 166 Å². The minimum Gasteiger partial charge on any atom is -0.368 e. The molecule has 0 aromatic carbocycles. The maximum atomic E-state index is 11.0. The molecule has 0 saturated heterocycles. The highest BCUT2D eigenvalue weighted by Crippen LogP contribution is 2.69. The van der Waals surface area contributed by atoms with Crippen LogP contribution in [-0.2, 0) is 15.7 Å². The van der Waals surface area contributed by atoms with Gasteiger partial charge >= 0.3 is 15.2 Å². The van der Waals surface area contributed by atoms with E-state index in [1.165, 1.54) is 17.3 Å². The van der Waals surface area contributed by atoms with Crippen LogP contribution < -0.4 is 0 Å². The Bertz CT molecular complexity index is 471. The summed E-state index contributed by atoms with van der Waals surface area (Å²) in [5.74, 6) is 0. The standard InChI is InChI=1S/C7H15N3O7P2/c11-7(18(12,13)14,19(15,16)17)3-1-2-4-10-6-8-5-9-10/h5-6,11H,1-4H2,(H2,12,13,14)(H2,15,16,17). The lowest BCUT2D eigenvalue weighted by molar-refractivity contribution is 0.120. The SMILES string of the molecule is O=P(O)(O)C(O)(CCCCn1cncn1)P(=O)(O)O. The van der Waals surface area contributed by atoms with E-state index in [9.17, 15) is 14.2 Å². The van der Waals surface area contributed by atoms with Crippen molar-refractivity contribution >= 4 is 15.2 Å². The molecule has 5 N–H and O–H groups in total. The van der Waals surface area contributed by atoms with Crippen LogP contribution in [0.3, 0.4) is 0 Å². The molecule has 0 spiro atoms. The zero-order valence-electron chi connectivity index (χ0n) is 9.77. The molecule has 10 nitrogen and oxygen atoms in total. The van der Waals surface area contributed by atoms with Crippen molar-refractivity contribution in [2.24, 2.45) is 0 Å². The van der Waals surface area contributed by atoms with E-state index in [0.717, 1.165) is 0 Å². The van der Waals surface area contributed by atoms with Gasteiger partial charge in [0.05, 0.1) is 0 Å². The predicted molar refractivity (Wildman–Crippen MR) is 62.9 cm³/mol. The second kappa shape index (κ2) is 5.80. The number of hydrogen-bond acceptors (Lipinski definition) is 5. The third-order valence-electron chi connectivity index (χ3n) is 2.55. The summed E-state index contributed by atoms with van der Waals surface area (Å²) in [5, 5.41) is 10.0. The summed E-state index contributed by atoms with van der Waals surface area (Å²) in [5.41, 5.74) is 0. The fourth-order valence-electron chi connectivity index (χ4n) is 1.45. The predicted octanol–water partition coefficient (Wildman–Crippen LogP) is -0.550. The van der Waals surface area contributed by atoms with Crippen molar-refractivity contribution in [3.8, 4) is 0 Å². The van der Waals surface area contributed by atoms with Gasteiger partial charge in [-0.25, -0.2) is 4.98 Å². The number of aryl methyl sites for hydroxylation is 1. The number of hydrogen-bond donors (Lipinski definition) is 5. The molecular formula is C7H15N3O7P2. The number of nitrogens with zero attached hydrogens (tertiary/aromatic N) is 3. The van der Waals surface area contributed by atoms with Crippen LogP contribution in [0.1, 0.15) is 19.3 Å². The summed E-state index contributed by atoms with van der Waals surface area (Å²) in [6.45, 7) is 0.360. The quantitative estimate of drug-likeness (QED) is 0.327. The van der Waals surface area contributed by atoms with Crippen molar-refractivity contribution in [3.63, 3.8) is 0 Å². The zero-order chi connectivity index (χ0) is 14.7. The molecule has 0 aliphatic carbocycles. The van der Waals surface area contributed by atoms with Crippen molar-refractivity contribution in [2.75, 3.05) is 0 Å². The molecule has 0 aliphatic rings. The van der Waals surface area contributed by atoms with Crippen molar-refractivity contribution in [1.29, 1.82) is 0 Å². The Balaban J connectivity index is 2.61. The maximum absolute atomic E-state index is 11.0. The highest BCUT2D eigenvalue weighted by Gasteiger charge is 2.58. The lowest BCUT2D eigenvalue weighted by Crippen LogP contribution is -2.28. The molecule has 1 aromatic heterocycles. The van der Waals surface area contributed by atoms with E-state index < -0.39 is 26.7 Å². The van der Waals surface area contributed by atoms with E-state index in [2.05, 4.69) is 10.1 Å². The molecule has 0 radical (unpaired) electrons. The third kappa shape index (κ3) is 3.93. The van der Waals surface area contributed by atoms with Gasteiger partial charge in [0.15, 0.2) is 0 Å².